The summed E-state index contributed by atoms with van der Waals surface area (Å²) >= 11 is 0. The van der Waals surface area contributed by atoms with Gasteiger partial charge in [0.15, 0.2) is 6.10 Å². The van der Waals surface area contributed by atoms with E-state index in [2.05, 4.69) is 32.9 Å². The SMILES string of the molecule is CCCC/C=C\CCCCCCC(=O)OCC(COC(=O)CCCCCCCCCCCCCC)OC(=O)CCCCCCCCCCCCCC. The molecule has 0 radical (unpaired) electrons. The summed E-state index contributed by atoms with van der Waals surface area (Å²) in [7, 11) is 0. The molecule has 0 bridgehead atoms. The molecule has 306 valence electrons. The third kappa shape index (κ3) is 39.4. The van der Waals surface area contributed by atoms with Crippen LogP contribution in [0.2, 0.25) is 0 Å². The quantitative estimate of drug-likeness (QED) is 0.0269. The number of unbranched alkanes of at least 4 members (excludes halogenated alkanes) is 28. The van der Waals surface area contributed by atoms with Crippen LogP contribution in [0, 0.1) is 0 Å². The molecular formula is C46H86O6. The predicted molar refractivity (Wildman–Crippen MR) is 220 cm³/mol. The topological polar surface area (TPSA) is 78.9 Å². The number of allylic oxidation sites excluding steroid dienone is 2. The van der Waals surface area contributed by atoms with Crippen molar-refractivity contribution in [1.29, 1.82) is 0 Å². The molecule has 0 aromatic heterocycles. The summed E-state index contributed by atoms with van der Waals surface area (Å²) in [6.45, 7) is 6.58. The van der Waals surface area contributed by atoms with E-state index >= 15 is 0 Å². The van der Waals surface area contributed by atoms with Gasteiger partial charge in [0, 0.05) is 19.3 Å². The van der Waals surface area contributed by atoms with Gasteiger partial charge in [-0.1, -0.05) is 200 Å². The number of hydrogen-bond acceptors (Lipinski definition) is 6. The minimum atomic E-state index is -0.765. The third-order valence-corrected chi connectivity index (χ3v) is 10.0. The Balaban J connectivity index is 4.35. The summed E-state index contributed by atoms with van der Waals surface area (Å²) in [6, 6.07) is 0. The summed E-state index contributed by atoms with van der Waals surface area (Å²) in [6.07, 6.45) is 43.3. The molecule has 0 fully saturated rings. The molecule has 0 heterocycles. The van der Waals surface area contributed by atoms with Crippen LogP contribution in [0.1, 0.15) is 245 Å². The number of carbonyl (C=O) groups excluding carboxylic acids is 3. The highest BCUT2D eigenvalue weighted by atomic mass is 16.6. The smallest absolute Gasteiger partial charge is 0.306 e. The van der Waals surface area contributed by atoms with Gasteiger partial charge in [-0.25, -0.2) is 0 Å². The first kappa shape index (κ1) is 50.1. The van der Waals surface area contributed by atoms with Crippen LogP contribution in [0.25, 0.3) is 0 Å². The molecule has 0 aromatic rings. The van der Waals surface area contributed by atoms with Crippen LogP contribution < -0.4 is 0 Å². The molecule has 6 heteroatoms. The molecule has 0 N–H and O–H groups in total. The van der Waals surface area contributed by atoms with Crippen LogP contribution in [0.4, 0.5) is 0 Å². The van der Waals surface area contributed by atoms with Crippen LogP contribution in [0.5, 0.6) is 0 Å². The molecule has 1 unspecified atom stereocenters. The van der Waals surface area contributed by atoms with Crippen LogP contribution in [0.15, 0.2) is 12.2 Å². The number of ether oxygens (including phenoxy) is 3. The van der Waals surface area contributed by atoms with Gasteiger partial charge in [-0.15, -0.1) is 0 Å². The van der Waals surface area contributed by atoms with E-state index in [4.69, 9.17) is 14.2 Å². The molecular weight excluding hydrogens is 648 g/mol. The number of carbonyl (C=O) groups is 3. The lowest BCUT2D eigenvalue weighted by Gasteiger charge is -2.18. The molecule has 0 aliphatic carbocycles. The Bertz CT molecular complexity index is 809. The molecule has 0 aliphatic rings. The largest absolute Gasteiger partial charge is 0.462 e. The first-order valence-corrected chi connectivity index (χ1v) is 22.7. The Hall–Kier alpha value is -1.85. The molecule has 0 saturated carbocycles. The standard InChI is InChI=1S/C46H86O6/c1-4-7-10-13-16-19-22-24-27-30-33-36-39-45(48)51-42-43(41-50-44(47)38-35-32-29-26-21-18-15-12-9-6-3)52-46(49)40-37-34-31-28-25-23-20-17-14-11-8-5-2/h15,18,43H,4-14,16-17,19-42H2,1-3H3/b18-15-. The van der Waals surface area contributed by atoms with Crippen LogP contribution in [-0.2, 0) is 28.6 Å². The van der Waals surface area contributed by atoms with Crippen molar-refractivity contribution in [3.8, 4) is 0 Å². The third-order valence-electron chi connectivity index (χ3n) is 10.0. The first-order chi connectivity index (χ1) is 25.5. The number of hydrogen-bond donors (Lipinski definition) is 0. The van der Waals surface area contributed by atoms with E-state index in [1.54, 1.807) is 0 Å². The van der Waals surface area contributed by atoms with Crippen molar-refractivity contribution < 1.29 is 28.6 Å². The normalized spacial score (nSPS) is 12.0. The van der Waals surface area contributed by atoms with Gasteiger partial charge in [-0.05, 0) is 38.5 Å². The minimum Gasteiger partial charge on any atom is -0.462 e. The summed E-state index contributed by atoms with van der Waals surface area (Å²) in [5, 5.41) is 0. The molecule has 0 aliphatic heterocycles. The van der Waals surface area contributed by atoms with E-state index in [9.17, 15) is 14.4 Å². The average molecular weight is 735 g/mol. The van der Waals surface area contributed by atoms with Crippen molar-refractivity contribution in [3.63, 3.8) is 0 Å². The zero-order chi connectivity index (χ0) is 38.0. The van der Waals surface area contributed by atoms with Crippen LogP contribution >= 0.6 is 0 Å². The lowest BCUT2D eigenvalue weighted by Crippen LogP contribution is -2.30. The van der Waals surface area contributed by atoms with E-state index in [1.165, 1.54) is 128 Å². The summed E-state index contributed by atoms with van der Waals surface area (Å²) in [4.78, 5) is 37.6. The van der Waals surface area contributed by atoms with E-state index < -0.39 is 6.10 Å². The second kappa shape index (κ2) is 41.9. The molecule has 1 atom stereocenters. The van der Waals surface area contributed by atoms with Crippen molar-refractivity contribution in [2.45, 2.75) is 252 Å². The van der Waals surface area contributed by atoms with E-state index in [-0.39, 0.29) is 31.1 Å². The zero-order valence-corrected chi connectivity index (χ0v) is 34.8. The van der Waals surface area contributed by atoms with Crippen LogP contribution in [0.3, 0.4) is 0 Å². The highest BCUT2D eigenvalue weighted by Gasteiger charge is 2.19. The maximum absolute atomic E-state index is 12.7. The molecule has 0 aromatic carbocycles. The van der Waals surface area contributed by atoms with Crippen molar-refractivity contribution >= 4 is 17.9 Å². The van der Waals surface area contributed by atoms with Gasteiger partial charge < -0.3 is 14.2 Å². The summed E-state index contributed by atoms with van der Waals surface area (Å²) < 4.78 is 16.7. The van der Waals surface area contributed by atoms with E-state index in [0.717, 1.165) is 77.0 Å². The predicted octanol–water partition coefficient (Wildman–Crippen LogP) is 14.3. The highest BCUT2D eigenvalue weighted by molar-refractivity contribution is 5.71. The minimum absolute atomic E-state index is 0.0691. The Morgan fingerprint density at radius 1 is 0.365 bits per heavy atom. The van der Waals surface area contributed by atoms with Gasteiger partial charge >= 0.3 is 17.9 Å². The molecule has 0 rings (SSSR count). The molecule has 0 spiro atoms. The van der Waals surface area contributed by atoms with Gasteiger partial charge in [0.25, 0.3) is 0 Å². The van der Waals surface area contributed by atoms with Crippen molar-refractivity contribution in [2.75, 3.05) is 13.2 Å². The number of esters is 3. The fraction of sp³-hybridized carbons (Fsp3) is 0.891. The van der Waals surface area contributed by atoms with Crippen molar-refractivity contribution in [3.05, 3.63) is 12.2 Å². The van der Waals surface area contributed by atoms with Gasteiger partial charge in [0.05, 0.1) is 0 Å². The number of rotatable bonds is 41. The highest BCUT2D eigenvalue weighted by Crippen LogP contribution is 2.15. The molecule has 0 amide bonds. The second-order valence-corrected chi connectivity index (χ2v) is 15.3. The van der Waals surface area contributed by atoms with Crippen molar-refractivity contribution in [2.24, 2.45) is 0 Å². The summed E-state index contributed by atoms with van der Waals surface area (Å²) in [5.74, 6) is -0.876. The Labute approximate surface area is 322 Å². The lowest BCUT2D eigenvalue weighted by atomic mass is 10.0. The monoisotopic (exact) mass is 735 g/mol. The Kier molecular flexibility index (Phi) is 40.4. The first-order valence-electron chi connectivity index (χ1n) is 22.7. The van der Waals surface area contributed by atoms with Gasteiger partial charge in [0.2, 0.25) is 0 Å². The van der Waals surface area contributed by atoms with E-state index in [1.807, 2.05) is 0 Å². The average Bonchev–Trinajstić information content (AvgIpc) is 3.14. The maximum atomic E-state index is 12.7. The van der Waals surface area contributed by atoms with Gasteiger partial charge in [-0.2, -0.15) is 0 Å². The lowest BCUT2D eigenvalue weighted by molar-refractivity contribution is -0.167. The van der Waals surface area contributed by atoms with Gasteiger partial charge in [0.1, 0.15) is 13.2 Å². The van der Waals surface area contributed by atoms with Crippen LogP contribution in [-0.4, -0.2) is 37.2 Å². The fourth-order valence-electron chi connectivity index (χ4n) is 6.54. The van der Waals surface area contributed by atoms with Gasteiger partial charge in [-0.3, -0.25) is 14.4 Å². The Morgan fingerprint density at radius 2 is 0.654 bits per heavy atom. The fourth-order valence-corrected chi connectivity index (χ4v) is 6.54. The summed E-state index contributed by atoms with van der Waals surface area (Å²) in [5.41, 5.74) is 0. The van der Waals surface area contributed by atoms with E-state index in [0.29, 0.717) is 19.3 Å². The Morgan fingerprint density at radius 3 is 1.02 bits per heavy atom. The molecule has 52 heavy (non-hydrogen) atoms. The zero-order valence-electron chi connectivity index (χ0n) is 34.8. The van der Waals surface area contributed by atoms with Crippen molar-refractivity contribution in [1.82, 2.24) is 0 Å². The maximum Gasteiger partial charge on any atom is 0.306 e. The second-order valence-electron chi connectivity index (χ2n) is 15.3. The molecule has 0 saturated heterocycles. The molecule has 6 nitrogen and oxygen atoms in total.